The van der Waals surface area contributed by atoms with E-state index in [1.807, 2.05) is 6.92 Å². The molecular weight excluding hydrogens is 313 g/mol. The van der Waals surface area contributed by atoms with Gasteiger partial charge in [-0.1, -0.05) is 23.4 Å². The molecule has 0 bridgehead atoms. The van der Waals surface area contributed by atoms with Gasteiger partial charge in [0.25, 0.3) is 5.91 Å². The van der Waals surface area contributed by atoms with E-state index in [-0.39, 0.29) is 17.3 Å². The van der Waals surface area contributed by atoms with Gasteiger partial charge in [0.15, 0.2) is 0 Å². The van der Waals surface area contributed by atoms with Crippen molar-refractivity contribution in [3.8, 4) is 11.8 Å². The molecule has 2 rings (SSSR count). The number of aliphatic hydroxyl groups is 1. The van der Waals surface area contributed by atoms with E-state index >= 15 is 0 Å². The molecule has 0 saturated carbocycles. The first kappa shape index (κ1) is 15.5. The van der Waals surface area contributed by atoms with E-state index in [1.165, 1.54) is 23.5 Å². The van der Waals surface area contributed by atoms with Crippen LogP contribution in [0, 0.1) is 24.6 Å². The SMILES string of the molecule is Cc1cc(C(=O)Nc2ccc(Cl)cc2F)sc1C#CCO. The summed E-state index contributed by atoms with van der Waals surface area (Å²) in [5.74, 6) is 4.29. The Morgan fingerprint density at radius 3 is 2.90 bits per heavy atom. The Kier molecular flexibility index (Phi) is 4.97. The van der Waals surface area contributed by atoms with Crippen molar-refractivity contribution in [2.24, 2.45) is 0 Å². The Morgan fingerprint density at radius 1 is 1.48 bits per heavy atom. The normalized spacial score (nSPS) is 9.90. The minimum atomic E-state index is -0.593. The Bertz CT molecular complexity index is 746. The Hall–Kier alpha value is -1.87. The molecule has 0 fully saturated rings. The van der Waals surface area contributed by atoms with Gasteiger partial charge in [-0.2, -0.15) is 0 Å². The molecule has 21 heavy (non-hydrogen) atoms. The van der Waals surface area contributed by atoms with Crippen LogP contribution in [0.4, 0.5) is 10.1 Å². The highest BCUT2D eigenvalue weighted by atomic mass is 35.5. The Labute approximate surface area is 130 Å². The summed E-state index contributed by atoms with van der Waals surface area (Å²) in [5, 5.41) is 11.4. The molecule has 108 valence electrons. The molecule has 0 saturated heterocycles. The van der Waals surface area contributed by atoms with E-state index in [4.69, 9.17) is 16.7 Å². The molecule has 2 N–H and O–H groups in total. The lowest BCUT2D eigenvalue weighted by Crippen LogP contribution is -2.11. The molecule has 1 heterocycles. The second-order valence-corrected chi connectivity index (χ2v) is 5.65. The number of rotatable bonds is 2. The van der Waals surface area contributed by atoms with Crippen LogP contribution in [-0.2, 0) is 0 Å². The predicted molar refractivity (Wildman–Crippen MR) is 82.4 cm³/mol. The Morgan fingerprint density at radius 2 is 2.24 bits per heavy atom. The number of carbonyl (C=O) groups is 1. The Balaban J connectivity index is 2.21. The highest BCUT2D eigenvalue weighted by Crippen LogP contribution is 2.24. The average molecular weight is 324 g/mol. The standard InChI is InChI=1S/C15H11ClFNO2S/c1-9-7-14(21-13(9)3-2-6-19)15(20)18-12-5-4-10(16)8-11(12)17/h4-5,7-8,19H,6H2,1H3,(H,18,20). The van der Waals surface area contributed by atoms with Gasteiger partial charge in [-0.25, -0.2) is 4.39 Å². The molecule has 6 heteroatoms. The number of carbonyl (C=O) groups excluding carboxylic acids is 1. The van der Waals surface area contributed by atoms with Crippen LogP contribution in [0.2, 0.25) is 5.02 Å². The van der Waals surface area contributed by atoms with Gasteiger partial charge in [-0.3, -0.25) is 4.79 Å². The second-order valence-electron chi connectivity index (χ2n) is 4.16. The van der Waals surface area contributed by atoms with Crippen LogP contribution in [0.5, 0.6) is 0 Å². The number of aryl methyl sites for hydroxylation is 1. The number of anilines is 1. The highest BCUT2D eigenvalue weighted by molar-refractivity contribution is 7.14. The van der Waals surface area contributed by atoms with Gasteiger partial charge in [0.1, 0.15) is 12.4 Å². The summed E-state index contributed by atoms with van der Waals surface area (Å²) in [7, 11) is 0. The number of halogens is 2. The van der Waals surface area contributed by atoms with Gasteiger partial charge in [0.05, 0.1) is 15.4 Å². The monoisotopic (exact) mass is 323 g/mol. The van der Waals surface area contributed by atoms with Gasteiger partial charge in [-0.05, 0) is 36.8 Å². The first-order chi connectivity index (χ1) is 10.0. The van der Waals surface area contributed by atoms with Crippen molar-refractivity contribution in [3.63, 3.8) is 0 Å². The first-order valence-corrected chi connectivity index (χ1v) is 7.17. The van der Waals surface area contributed by atoms with E-state index in [0.717, 1.165) is 11.6 Å². The quantitative estimate of drug-likeness (QED) is 0.832. The molecule has 0 aliphatic rings. The highest BCUT2D eigenvalue weighted by Gasteiger charge is 2.13. The van der Waals surface area contributed by atoms with Crippen molar-refractivity contribution >= 4 is 34.5 Å². The van der Waals surface area contributed by atoms with Crippen molar-refractivity contribution in [3.05, 3.63) is 50.4 Å². The van der Waals surface area contributed by atoms with Crippen LogP contribution in [0.25, 0.3) is 0 Å². The molecule has 1 aromatic heterocycles. The molecule has 2 aromatic rings. The zero-order valence-electron chi connectivity index (χ0n) is 11.0. The van der Waals surface area contributed by atoms with Crippen molar-refractivity contribution < 1.29 is 14.3 Å². The zero-order valence-corrected chi connectivity index (χ0v) is 12.6. The maximum atomic E-state index is 13.6. The summed E-state index contributed by atoms with van der Waals surface area (Å²) in [5.41, 5.74) is 0.904. The molecule has 0 unspecified atom stereocenters. The maximum absolute atomic E-state index is 13.6. The molecule has 0 aliphatic heterocycles. The first-order valence-electron chi connectivity index (χ1n) is 5.98. The molecule has 1 aromatic carbocycles. The van der Waals surface area contributed by atoms with Crippen molar-refractivity contribution in [1.82, 2.24) is 0 Å². The van der Waals surface area contributed by atoms with E-state index in [0.29, 0.717) is 9.75 Å². The van der Waals surface area contributed by atoms with Crippen LogP contribution in [0.3, 0.4) is 0 Å². The summed E-state index contributed by atoms with van der Waals surface area (Å²) < 4.78 is 13.6. The third-order valence-corrected chi connectivity index (χ3v) is 3.99. The second kappa shape index (κ2) is 6.72. The van der Waals surface area contributed by atoms with Gasteiger partial charge in [0, 0.05) is 5.02 Å². The van der Waals surface area contributed by atoms with E-state index < -0.39 is 11.7 Å². The third-order valence-electron chi connectivity index (χ3n) is 2.60. The average Bonchev–Trinajstić information content (AvgIpc) is 2.81. The molecule has 1 amide bonds. The summed E-state index contributed by atoms with van der Waals surface area (Å²) in [6.45, 7) is 1.58. The van der Waals surface area contributed by atoms with Gasteiger partial charge in [0.2, 0.25) is 0 Å². The smallest absolute Gasteiger partial charge is 0.265 e. The fraction of sp³-hybridized carbons (Fsp3) is 0.133. The topological polar surface area (TPSA) is 49.3 Å². The molecule has 0 aliphatic carbocycles. The number of aliphatic hydroxyl groups excluding tert-OH is 1. The molecular formula is C15H11ClFNO2S. The zero-order chi connectivity index (χ0) is 15.4. The minimum absolute atomic E-state index is 0.0680. The maximum Gasteiger partial charge on any atom is 0.265 e. The molecule has 0 atom stereocenters. The number of hydrogen-bond acceptors (Lipinski definition) is 3. The number of benzene rings is 1. The summed E-state index contributed by atoms with van der Waals surface area (Å²) >= 11 is 6.85. The summed E-state index contributed by atoms with van der Waals surface area (Å²) in [6.07, 6.45) is 0. The van der Waals surface area contributed by atoms with Crippen LogP contribution in [0.15, 0.2) is 24.3 Å². The fourth-order valence-electron chi connectivity index (χ4n) is 1.61. The lowest BCUT2D eigenvalue weighted by atomic mass is 10.2. The molecule has 0 radical (unpaired) electrons. The van der Waals surface area contributed by atoms with Crippen molar-refractivity contribution in [2.45, 2.75) is 6.92 Å². The molecule has 3 nitrogen and oxygen atoms in total. The fourth-order valence-corrected chi connectivity index (χ4v) is 2.71. The number of amides is 1. The van der Waals surface area contributed by atoms with Crippen LogP contribution in [-0.4, -0.2) is 17.6 Å². The molecule has 0 spiro atoms. The van der Waals surface area contributed by atoms with Gasteiger partial charge < -0.3 is 10.4 Å². The lowest BCUT2D eigenvalue weighted by Gasteiger charge is -2.04. The largest absolute Gasteiger partial charge is 0.384 e. The number of thiophene rings is 1. The van der Waals surface area contributed by atoms with Gasteiger partial charge in [-0.15, -0.1) is 11.3 Å². The third kappa shape index (κ3) is 3.82. The van der Waals surface area contributed by atoms with E-state index in [2.05, 4.69) is 17.2 Å². The van der Waals surface area contributed by atoms with E-state index in [1.54, 1.807) is 6.07 Å². The van der Waals surface area contributed by atoms with E-state index in [9.17, 15) is 9.18 Å². The van der Waals surface area contributed by atoms with Crippen LogP contribution < -0.4 is 5.32 Å². The van der Waals surface area contributed by atoms with Crippen LogP contribution in [0.1, 0.15) is 20.1 Å². The van der Waals surface area contributed by atoms with Crippen molar-refractivity contribution in [1.29, 1.82) is 0 Å². The minimum Gasteiger partial charge on any atom is -0.384 e. The predicted octanol–water partition coefficient (Wildman–Crippen LogP) is 3.45. The lowest BCUT2D eigenvalue weighted by molar-refractivity contribution is 0.103. The number of nitrogens with one attached hydrogen (secondary N) is 1. The van der Waals surface area contributed by atoms with Crippen molar-refractivity contribution in [2.75, 3.05) is 11.9 Å². The summed E-state index contributed by atoms with van der Waals surface area (Å²) in [4.78, 5) is 13.2. The van der Waals surface area contributed by atoms with Gasteiger partial charge >= 0.3 is 0 Å². The summed E-state index contributed by atoms with van der Waals surface area (Å²) in [6, 6.07) is 5.71. The number of hydrogen-bond donors (Lipinski definition) is 2. The van der Waals surface area contributed by atoms with Crippen LogP contribution >= 0.6 is 22.9 Å².